The normalized spacial score (nSPS) is 10.4. The minimum atomic E-state index is -0.974. The SMILES string of the molecule is CCCn1nccc1-c1ccc(OC)cc1C(=O)O. The van der Waals surface area contributed by atoms with E-state index >= 15 is 0 Å². The van der Waals surface area contributed by atoms with Crippen molar-refractivity contribution >= 4 is 5.97 Å². The van der Waals surface area contributed by atoms with Crippen molar-refractivity contribution in [1.29, 1.82) is 0 Å². The van der Waals surface area contributed by atoms with E-state index in [1.807, 2.05) is 10.7 Å². The van der Waals surface area contributed by atoms with Crippen molar-refractivity contribution < 1.29 is 14.6 Å². The molecule has 5 heteroatoms. The zero-order valence-corrected chi connectivity index (χ0v) is 11.0. The predicted octanol–water partition coefficient (Wildman–Crippen LogP) is 2.67. The third-order valence-corrected chi connectivity index (χ3v) is 2.89. The first-order valence-electron chi connectivity index (χ1n) is 6.11. The number of hydrogen-bond acceptors (Lipinski definition) is 3. The summed E-state index contributed by atoms with van der Waals surface area (Å²) in [6.45, 7) is 2.81. The Morgan fingerprint density at radius 3 is 2.84 bits per heavy atom. The molecule has 0 radical (unpaired) electrons. The van der Waals surface area contributed by atoms with Crippen molar-refractivity contribution in [2.45, 2.75) is 19.9 Å². The highest BCUT2D eigenvalue weighted by Gasteiger charge is 2.16. The van der Waals surface area contributed by atoms with Gasteiger partial charge in [0.2, 0.25) is 0 Å². The number of aryl methyl sites for hydroxylation is 1. The first-order chi connectivity index (χ1) is 9.17. The third kappa shape index (κ3) is 2.59. The molecule has 0 aliphatic rings. The molecular formula is C14H16N2O3. The molecule has 0 atom stereocenters. The fourth-order valence-corrected chi connectivity index (χ4v) is 2.00. The first-order valence-corrected chi connectivity index (χ1v) is 6.11. The monoisotopic (exact) mass is 260 g/mol. The van der Waals surface area contributed by atoms with Gasteiger partial charge in [-0.2, -0.15) is 5.10 Å². The molecule has 1 heterocycles. The molecule has 0 aliphatic carbocycles. The third-order valence-electron chi connectivity index (χ3n) is 2.89. The van der Waals surface area contributed by atoms with Gasteiger partial charge in [0.25, 0.3) is 0 Å². The second kappa shape index (κ2) is 5.56. The Kier molecular flexibility index (Phi) is 3.85. The van der Waals surface area contributed by atoms with Gasteiger partial charge >= 0.3 is 5.97 Å². The topological polar surface area (TPSA) is 64.4 Å². The molecule has 0 unspecified atom stereocenters. The van der Waals surface area contributed by atoms with Gasteiger partial charge in [0.15, 0.2) is 0 Å². The summed E-state index contributed by atoms with van der Waals surface area (Å²) >= 11 is 0. The van der Waals surface area contributed by atoms with Crippen LogP contribution in [0.1, 0.15) is 23.7 Å². The zero-order chi connectivity index (χ0) is 13.8. The maximum atomic E-state index is 11.4. The summed E-state index contributed by atoms with van der Waals surface area (Å²) in [6.07, 6.45) is 2.62. The Morgan fingerprint density at radius 2 is 2.21 bits per heavy atom. The summed E-state index contributed by atoms with van der Waals surface area (Å²) in [5.41, 5.74) is 1.68. The fraction of sp³-hybridized carbons (Fsp3) is 0.286. The summed E-state index contributed by atoms with van der Waals surface area (Å²) < 4.78 is 6.88. The standard InChI is InChI=1S/C14H16N2O3/c1-3-8-16-13(6-7-15-16)11-5-4-10(19-2)9-12(11)14(17)18/h4-7,9H,3,8H2,1-2H3,(H,17,18). The molecule has 5 nitrogen and oxygen atoms in total. The minimum Gasteiger partial charge on any atom is -0.497 e. The molecule has 0 spiro atoms. The van der Waals surface area contributed by atoms with E-state index in [1.165, 1.54) is 13.2 Å². The minimum absolute atomic E-state index is 0.220. The lowest BCUT2D eigenvalue weighted by atomic mass is 10.0. The number of nitrogens with zero attached hydrogens (tertiary/aromatic N) is 2. The van der Waals surface area contributed by atoms with Gasteiger partial charge in [-0.1, -0.05) is 6.92 Å². The molecule has 2 rings (SSSR count). The van der Waals surface area contributed by atoms with Gasteiger partial charge in [0.05, 0.1) is 18.4 Å². The summed E-state index contributed by atoms with van der Waals surface area (Å²) in [5.74, 6) is -0.444. The highest BCUT2D eigenvalue weighted by Crippen LogP contribution is 2.27. The largest absolute Gasteiger partial charge is 0.497 e. The molecule has 0 bridgehead atoms. The zero-order valence-electron chi connectivity index (χ0n) is 11.0. The first kappa shape index (κ1) is 13.1. The van der Waals surface area contributed by atoms with Crippen LogP contribution in [0, 0.1) is 0 Å². The van der Waals surface area contributed by atoms with Crippen LogP contribution in [0.2, 0.25) is 0 Å². The van der Waals surface area contributed by atoms with Crippen LogP contribution in [0.25, 0.3) is 11.3 Å². The highest BCUT2D eigenvalue weighted by molar-refractivity contribution is 5.96. The van der Waals surface area contributed by atoms with E-state index in [1.54, 1.807) is 18.3 Å². The van der Waals surface area contributed by atoms with Gasteiger partial charge < -0.3 is 9.84 Å². The second-order valence-electron chi connectivity index (χ2n) is 4.16. The molecule has 0 saturated heterocycles. The number of carbonyl (C=O) groups is 1. The quantitative estimate of drug-likeness (QED) is 0.897. The average molecular weight is 260 g/mol. The van der Waals surface area contributed by atoms with Gasteiger partial charge in [-0.3, -0.25) is 4.68 Å². The van der Waals surface area contributed by atoms with Crippen LogP contribution in [0.5, 0.6) is 5.75 Å². The van der Waals surface area contributed by atoms with Crippen molar-refractivity contribution in [2.75, 3.05) is 7.11 Å². The van der Waals surface area contributed by atoms with Gasteiger partial charge in [-0.25, -0.2) is 4.79 Å². The lowest BCUT2D eigenvalue weighted by Crippen LogP contribution is -2.05. The Bertz CT molecular complexity index is 590. The Balaban J connectivity index is 2.54. The lowest BCUT2D eigenvalue weighted by Gasteiger charge is -2.10. The molecule has 19 heavy (non-hydrogen) atoms. The number of ether oxygens (including phenoxy) is 1. The van der Waals surface area contributed by atoms with Crippen molar-refractivity contribution in [3.05, 3.63) is 36.0 Å². The van der Waals surface area contributed by atoms with Crippen molar-refractivity contribution in [1.82, 2.24) is 9.78 Å². The molecule has 0 aliphatic heterocycles. The van der Waals surface area contributed by atoms with Crippen LogP contribution in [-0.2, 0) is 6.54 Å². The molecule has 1 N–H and O–H groups in total. The van der Waals surface area contributed by atoms with Crippen LogP contribution in [0.15, 0.2) is 30.5 Å². The maximum absolute atomic E-state index is 11.4. The number of aromatic nitrogens is 2. The molecule has 0 saturated carbocycles. The fourth-order valence-electron chi connectivity index (χ4n) is 2.00. The second-order valence-corrected chi connectivity index (χ2v) is 4.16. The van der Waals surface area contributed by atoms with E-state index in [0.29, 0.717) is 11.3 Å². The van der Waals surface area contributed by atoms with E-state index in [4.69, 9.17) is 4.74 Å². The van der Waals surface area contributed by atoms with Crippen LogP contribution < -0.4 is 4.74 Å². The van der Waals surface area contributed by atoms with E-state index in [9.17, 15) is 9.90 Å². The summed E-state index contributed by atoms with van der Waals surface area (Å²) in [7, 11) is 1.52. The smallest absolute Gasteiger partial charge is 0.336 e. The van der Waals surface area contributed by atoms with Crippen LogP contribution in [-0.4, -0.2) is 28.0 Å². The molecule has 1 aromatic carbocycles. The number of carboxylic acids is 1. The lowest BCUT2D eigenvalue weighted by molar-refractivity contribution is 0.0697. The van der Waals surface area contributed by atoms with Crippen molar-refractivity contribution in [3.63, 3.8) is 0 Å². The summed E-state index contributed by atoms with van der Waals surface area (Å²) in [5, 5.41) is 13.5. The van der Waals surface area contributed by atoms with Crippen LogP contribution >= 0.6 is 0 Å². The van der Waals surface area contributed by atoms with Crippen LogP contribution in [0.4, 0.5) is 0 Å². The van der Waals surface area contributed by atoms with Crippen LogP contribution in [0.3, 0.4) is 0 Å². The number of hydrogen-bond donors (Lipinski definition) is 1. The number of methoxy groups -OCH3 is 1. The molecule has 0 amide bonds. The predicted molar refractivity (Wildman–Crippen MR) is 71.5 cm³/mol. The molecule has 1 aromatic heterocycles. The van der Waals surface area contributed by atoms with Crippen molar-refractivity contribution in [3.8, 4) is 17.0 Å². The summed E-state index contributed by atoms with van der Waals surface area (Å²) in [6, 6.07) is 6.86. The van der Waals surface area contributed by atoms with E-state index in [-0.39, 0.29) is 5.56 Å². The molecular weight excluding hydrogens is 244 g/mol. The van der Waals surface area contributed by atoms with Crippen molar-refractivity contribution in [2.24, 2.45) is 0 Å². The Morgan fingerprint density at radius 1 is 1.42 bits per heavy atom. The van der Waals surface area contributed by atoms with Gasteiger partial charge in [0, 0.05) is 18.3 Å². The number of rotatable bonds is 5. The average Bonchev–Trinajstić information content (AvgIpc) is 2.86. The Hall–Kier alpha value is -2.30. The van der Waals surface area contributed by atoms with E-state index in [2.05, 4.69) is 12.0 Å². The van der Waals surface area contributed by atoms with Gasteiger partial charge in [0.1, 0.15) is 5.75 Å². The van der Waals surface area contributed by atoms with E-state index in [0.717, 1.165) is 18.7 Å². The molecule has 2 aromatic rings. The number of benzene rings is 1. The number of carboxylic acid groups (broad SMARTS) is 1. The van der Waals surface area contributed by atoms with E-state index < -0.39 is 5.97 Å². The molecule has 0 fully saturated rings. The maximum Gasteiger partial charge on any atom is 0.336 e. The number of aromatic carboxylic acids is 1. The highest BCUT2D eigenvalue weighted by atomic mass is 16.5. The van der Waals surface area contributed by atoms with Gasteiger partial charge in [-0.05, 0) is 30.7 Å². The Labute approximate surface area is 111 Å². The molecule has 100 valence electrons. The summed E-state index contributed by atoms with van der Waals surface area (Å²) in [4.78, 5) is 11.4. The van der Waals surface area contributed by atoms with Gasteiger partial charge in [-0.15, -0.1) is 0 Å².